The molecule has 0 radical (unpaired) electrons. The van der Waals surface area contributed by atoms with Gasteiger partial charge in [-0.15, -0.1) is 0 Å². The zero-order valence-electron chi connectivity index (χ0n) is 14.5. The Morgan fingerprint density at radius 2 is 2.04 bits per heavy atom. The first-order chi connectivity index (χ1) is 12.6. The number of halogens is 1. The Morgan fingerprint density at radius 1 is 1.23 bits per heavy atom. The van der Waals surface area contributed by atoms with Crippen molar-refractivity contribution in [3.8, 4) is 11.8 Å². The fraction of sp³-hybridized carbons (Fsp3) is 0.0909. The molecule has 0 unspecified atom stereocenters. The third kappa shape index (κ3) is 6.21. The van der Waals surface area contributed by atoms with Crippen LogP contribution in [0.25, 0.3) is 0 Å². The van der Waals surface area contributed by atoms with E-state index < -0.39 is 0 Å². The number of nitrogens with one attached hydrogen (secondary N) is 1. The summed E-state index contributed by atoms with van der Waals surface area (Å²) in [5, 5.41) is 2.76. The number of carbonyl (C=O) groups is 1. The highest BCUT2D eigenvalue weighted by Gasteiger charge is 2.06. The van der Waals surface area contributed by atoms with E-state index in [1.807, 2.05) is 31.2 Å². The summed E-state index contributed by atoms with van der Waals surface area (Å²) in [5.41, 5.74) is 2.31. The summed E-state index contributed by atoms with van der Waals surface area (Å²) in [6, 6.07) is 9.36. The molecule has 1 heterocycles. The summed E-state index contributed by atoms with van der Waals surface area (Å²) in [6.45, 7) is 6.13. The Hall–Kier alpha value is -3.45. The first-order valence-electron chi connectivity index (χ1n) is 8.07. The van der Waals surface area contributed by atoms with Crippen LogP contribution < -0.4 is 5.32 Å². The van der Waals surface area contributed by atoms with Crippen LogP contribution in [0.5, 0.6) is 0 Å². The molecule has 0 aliphatic rings. The predicted molar refractivity (Wildman–Crippen MR) is 102 cm³/mol. The summed E-state index contributed by atoms with van der Waals surface area (Å²) in [4.78, 5) is 16.2. The lowest BCUT2D eigenvalue weighted by Gasteiger charge is -2.04. The number of hydrogen-bond donors (Lipinski definition) is 1. The number of hydrogen-bond acceptors (Lipinski definition) is 2. The molecule has 0 aliphatic heterocycles. The SMILES string of the molecule is C=C(/C=C\C=C/C)CNC(=O)c1ccc(C#Cc2cccc(F)c2)cn1. The summed E-state index contributed by atoms with van der Waals surface area (Å²) >= 11 is 0. The maximum atomic E-state index is 13.1. The van der Waals surface area contributed by atoms with Gasteiger partial charge in [0.05, 0.1) is 0 Å². The summed E-state index contributed by atoms with van der Waals surface area (Å²) < 4.78 is 13.1. The monoisotopic (exact) mass is 346 g/mol. The molecule has 1 N–H and O–H groups in total. The van der Waals surface area contributed by atoms with Gasteiger partial charge in [-0.1, -0.05) is 48.8 Å². The molecule has 0 saturated heterocycles. The van der Waals surface area contributed by atoms with Crippen molar-refractivity contribution in [2.24, 2.45) is 0 Å². The van der Waals surface area contributed by atoms with Crippen molar-refractivity contribution in [3.63, 3.8) is 0 Å². The number of amides is 1. The molecule has 0 fully saturated rings. The molecule has 1 aromatic carbocycles. The van der Waals surface area contributed by atoms with Gasteiger partial charge in [-0.05, 0) is 42.8 Å². The second-order valence-electron chi connectivity index (χ2n) is 5.42. The highest BCUT2D eigenvalue weighted by Crippen LogP contribution is 2.03. The molecule has 1 aromatic heterocycles. The smallest absolute Gasteiger partial charge is 0.270 e. The van der Waals surface area contributed by atoms with Crippen molar-refractivity contribution in [1.82, 2.24) is 10.3 Å². The molecule has 0 spiro atoms. The van der Waals surface area contributed by atoms with Gasteiger partial charge in [0.15, 0.2) is 0 Å². The molecule has 1 amide bonds. The molecular formula is C22H19FN2O. The first-order valence-corrected chi connectivity index (χ1v) is 8.07. The van der Waals surface area contributed by atoms with Gasteiger partial charge >= 0.3 is 0 Å². The fourth-order valence-corrected chi connectivity index (χ4v) is 1.96. The van der Waals surface area contributed by atoms with E-state index in [1.54, 1.807) is 24.3 Å². The van der Waals surface area contributed by atoms with Crippen LogP contribution in [-0.4, -0.2) is 17.4 Å². The van der Waals surface area contributed by atoms with E-state index in [0.717, 1.165) is 5.57 Å². The lowest BCUT2D eigenvalue weighted by atomic mass is 10.2. The summed E-state index contributed by atoms with van der Waals surface area (Å²) in [5.74, 6) is 5.14. The summed E-state index contributed by atoms with van der Waals surface area (Å²) in [6.07, 6.45) is 9.00. The van der Waals surface area contributed by atoms with E-state index in [4.69, 9.17) is 0 Å². The van der Waals surface area contributed by atoms with Crippen LogP contribution >= 0.6 is 0 Å². The van der Waals surface area contributed by atoms with Crippen LogP contribution in [0.4, 0.5) is 4.39 Å². The van der Waals surface area contributed by atoms with Crippen LogP contribution in [0.2, 0.25) is 0 Å². The Balaban J connectivity index is 1.94. The number of allylic oxidation sites excluding steroid dienone is 3. The average Bonchev–Trinajstić information content (AvgIpc) is 2.65. The highest BCUT2D eigenvalue weighted by molar-refractivity contribution is 5.92. The van der Waals surface area contributed by atoms with Gasteiger partial charge in [-0.2, -0.15) is 0 Å². The molecule has 4 heteroatoms. The molecule has 0 bridgehead atoms. The fourth-order valence-electron chi connectivity index (χ4n) is 1.96. The van der Waals surface area contributed by atoms with Gasteiger partial charge in [0.2, 0.25) is 0 Å². The maximum absolute atomic E-state index is 13.1. The van der Waals surface area contributed by atoms with Gasteiger partial charge in [0.25, 0.3) is 5.91 Å². The van der Waals surface area contributed by atoms with Crippen molar-refractivity contribution in [2.75, 3.05) is 6.54 Å². The number of pyridine rings is 1. The van der Waals surface area contributed by atoms with Gasteiger partial charge in [-0.25, -0.2) is 9.37 Å². The van der Waals surface area contributed by atoms with Crippen LogP contribution in [0.15, 0.2) is 79.1 Å². The third-order valence-electron chi connectivity index (χ3n) is 3.28. The molecule has 0 atom stereocenters. The first kappa shape index (κ1) is 18.9. The van der Waals surface area contributed by atoms with Crippen LogP contribution in [0.3, 0.4) is 0 Å². The van der Waals surface area contributed by atoms with E-state index in [1.165, 1.54) is 18.3 Å². The zero-order chi connectivity index (χ0) is 18.8. The van der Waals surface area contributed by atoms with Gasteiger partial charge in [-0.3, -0.25) is 4.79 Å². The van der Waals surface area contributed by atoms with Crippen molar-refractivity contribution in [1.29, 1.82) is 0 Å². The number of benzene rings is 1. The predicted octanol–water partition coefficient (Wildman–Crippen LogP) is 4.04. The van der Waals surface area contributed by atoms with Crippen molar-refractivity contribution in [3.05, 3.63) is 102 Å². The highest BCUT2D eigenvalue weighted by atomic mass is 19.1. The number of aromatic nitrogens is 1. The van der Waals surface area contributed by atoms with E-state index in [0.29, 0.717) is 23.4 Å². The Bertz CT molecular complexity index is 900. The zero-order valence-corrected chi connectivity index (χ0v) is 14.5. The quantitative estimate of drug-likeness (QED) is 0.656. The van der Waals surface area contributed by atoms with Crippen molar-refractivity contribution in [2.45, 2.75) is 6.92 Å². The second-order valence-corrected chi connectivity index (χ2v) is 5.42. The van der Waals surface area contributed by atoms with Crippen LogP contribution in [0.1, 0.15) is 28.5 Å². The van der Waals surface area contributed by atoms with Crippen LogP contribution in [0, 0.1) is 17.7 Å². The summed E-state index contributed by atoms with van der Waals surface area (Å²) in [7, 11) is 0. The molecule has 0 saturated carbocycles. The number of carbonyl (C=O) groups excluding carboxylic acids is 1. The molecular weight excluding hydrogens is 327 g/mol. The molecule has 0 aliphatic carbocycles. The van der Waals surface area contributed by atoms with Gasteiger partial charge in [0.1, 0.15) is 11.5 Å². The molecule has 130 valence electrons. The molecule has 3 nitrogen and oxygen atoms in total. The minimum atomic E-state index is -0.330. The molecule has 26 heavy (non-hydrogen) atoms. The topological polar surface area (TPSA) is 42.0 Å². The standard InChI is InChI=1S/C22H19FN2O/c1-3-4-5-7-17(2)15-25-22(26)21-13-12-19(16-24-21)11-10-18-8-6-9-20(23)14-18/h3-9,12-14,16H,2,15H2,1H3,(H,25,26)/b4-3-,7-5-. The van der Waals surface area contributed by atoms with Gasteiger partial charge < -0.3 is 5.32 Å². The largest absolute Gasteiger partial charge is 0.347 e. The lowest BCUT2D eigenvalue weighted by molar-refractivity contribution is 0.0952. The van der Waals surface area contributed by atoms with E-state index in [2.05, 4.69) is 28.7 Å². The Morgan fingerprint density at radius 3 is 2.73 bits per heavy atom. The molecule has 2 rings (SSSR count). The minimum absolute atomic E-state index is 0.282. The minimum Gasteiger partial charge on any atom is -0.347 e. The van der Waals surface area contributed by atoms with E-state index >= 15 is 0 Å². The number of nitrogens with zero attached hydrogens (tertiary/aromatic N) is 1. The third-order valence-corrected chi connectivity index (χ3v) is 3.28. The van der Waals surface area contributed by atoms with Crippen molar-refractivity contribution >= 4 is 5.91 Å². The average molecular weight is 346 g/mol. The van der Waals surface area contributed by atoms with E-state index in [9.17, 15) is 9.18 Å². The van der Waals surface area contributed by atoms with E-state index in [-0.39, 0.29) is 11.7 Å². The lowest BCUT2D eigenvalue weighted by Crippen LogP contribution is -2.25. The maximum Gasteiger partial charge on any atom is 0.270 e. The Kier molecular flexibility index (Phi) is 7.08. The normalized spacial score (nSPS) is 10.5. The Labute approximate surface area is 153 Å². The number of rotatable bonds is 5. The second kappa shape index (κ2) is 9.75. The molecule has 2 aromatic rings. The van der Waals surface area contributed by atoms with Crippen LogP contribution in [-0.2, 0) is 0 Å². The van der Waals surface area contributed by atoms with Gasteiger partial charge in [0, 0.05) is 23.9 Å². The van der Waals surface area contributed by atoms with Crippen molar-refractivity contribution < 1.29 is 9.18 Å².